The van der Waals surface area contributed by atoms with Crippen molar-refractivity contribution in [1.82, 2.24) is 9.80 Å². The van der Waals surface area contributed by atoms with E-state index in [1.165, 1.54) is 25.1 Å². The first-order valence-corrected chi connectivity index (χ1v) is 7.80. The molecule has 2 aliphatic rings. The molecule has 1 saturated heterocycles. The molecule has 1 aliphatic heterocycles. The minimum atomic E-state index is -0.330. The molecule has 3 heteroatoms. The Morgan fingerprint density at radius 2 is 2.10 bits per heavy atom. The maximum Gasteiger partial charge on any atom is 0.0947 e. The second-order valence-electron chi connectivity index (χ2n) is 6.61. The molecule has 3 rings (SSSR count). The van der Waals surface area contributed by atoms with Gasteiger partial charge in [-0.25, -0.2) is 0 Å². The summed E-state index contributed by atoms with van der Waals surface area (Å²) >= 11 is 0. The normalized spacial score (nSPS) is 30.7. The Hall–Kier alpha value is -0.900. The molecule has 1 aromatic carbocycles. The first-order valence-electron chi connectivity index (χ1n) is 7.80. The fraction of sp³-hybridized carbons (Fsp3) is 0.647. The monoisotopic (exact) mass is 274 g/mol. The highest BCUT2D eigenvalue weighted by atomic mass is 16.3. The summed E-state index contributed by atoms with van der Waals surface area (Å²) in [6.45, 7) is 3.52. The van der Waals surface area contributed by atoms with Crippen molar-refractivity contribution in [2.24, 2.45) is 5.92 Å². The first kappa shape index (κ1) is 14.1. The molecule has 1 aromatic rings. The molecule has 3 nitrogen and oxygen atoms in total. The molecule has 0 saturated carbocycles. The van der Waals surface area contributed by atoms with Crippen LogP contribution in [0.4, 0.5) is 0 Å². The van der Waals surface area contributed by atoms with Crippen molar-refractivity contribution < 1.29 is 5.11 Å². The molecule has 1 fully saturated rings. The Balaban J connectivity index is 1.66. The summed E-state index contributed by atoms with van der Waals surface area (Å²) in [5.74, 6) is 0.759. The van der Waals surface area contributed by atoms with Crippen LogP contribution >= 0.6 is 0 Å². The minimum absolute atomic E-state index is 0.274. The smallest absolute Gasteiger partial charge is 0.0947 e. The van der Waals surface area contributed by atoms with Crippen LogP contribution in [0.3, 0.4) is 0 Å². The van der Waals surface area contributed by atoms with Crippen LogP contribution < -0.4 is 0 Å². The van der Waals surface area contributed by atoms with Crippen molar-refractivity contribution in [1.29, 1.82) is 0 Å². The highest BCUT2D eigenvalue weighted by Gasteiger charge is 2.32. The second kappa shape index (κ2) is 5.84. The van der Waals surface area contributed by atoms with Gasteiger partial charge in [-0.05, 0) is 56.9 Å². The number of hydrogen-bond donors (Lipinski definition) is 1. The van der Waals surface area contributed by atoms with Crippen molar-refractivity contribution in [2.75, 3.05) is 33.7 Å². The average Bonchev–Trinajstić information content (AvgIpc) is 2.84. The zero-order valence-corrected chi connectivity index (χ0v) is 12.6. The predicted molar refractivity (Wildman–Crippen MR) is 81.7 cm³/mol. The first-order chi connectivity index (χ1) is 9.65. The lowest BCUT2D eigenvalue weighted by Crippen LogP contribution is -2.42. The van der Waals surface area contributed by atoms with E-state index < -0.39 is 0 Å². The third kappa shape index (κ3) is 2.76. The molecule has 3 unspecified atom stereocenters. The Morgan fingerprint density at radius 1 is 1.30 bits per heavy atom. The number of aryl methyl sites for hydroxylation is 1. The summed E-state index contributed by atoms with van der Waals surface area (Å²) in [4.78, 5) is 4.80. The zero-order valence-electron chi connectivity index (χ0n) is 12.6. The number of benzene rings is 1. The molecular weight excluding hydrogens is 248 g/mol. The SMILES string of the molecule is CN1CCC(CN(C)C2CCc3ccccc3C2O)C1. The summed E-state index contributed by atoms with van der Waals surface area (Å²) in [6.07, 6.45) is 3.12. The van der Waals surface area contributed by atoms with Gasteiger partial charge in [0.25, 0.3) is 0 Å². The number of likely N-dealkylation sites (N-methyl/N-ethyl adjacent to an activating group) is 1. The van der Waals surface area contributed by atoms with Gasteiger partial charge in [-0.15, -0.1) is 0 Å². The molecule has 3 atom stereocenters. The maximum atomic E-state index is 10.7. The van der Waals surface area contributed by atoms with Gasteiger partial charge in [0.2, 0.25) is 0 Å². The standard InChI is InChI=1S/C17H26N2O/c1-18-10-9-13(11-18)12-19(2)16-8-7-14-5-3-4-6-15(14)17(16)20/h3-6,13,16-17,20H,7-12H2,1-2H3. The van der Waals surface area contributed by atoms with E-state index in [9.17, 15) is 5.11 Å². The Labute approximate surface area is 122 Å². The quantitative estimate of drug-likeness (QED) is 0.912. The van der Waals surface area contributed by atoms with Crippen LogP contribution in [0.1, 0.15) is 30.1 Å². The van der Waals surface area contributed by atoms with Crippen molar-refractivity contribution in [3.63, 3.8) is 0 Å². The average molecular weight is 274 g/mol. The zero-order chi connectivity index (χ0) is 14.1. The molecular formula is C17H26N2O. The molecule has 0 spiro atoms. The lowest BCUT2D eigenvalue weighted by Gasteiger charge is -2.37. The lowest BCUT2D eigenvalue weighted by atomic mass is 9.85. The van der Waals surface area contributed by atoms with Gasteiger partial charge in [-0.2, -0.15) is 0 Å². The number of likely N-dealkylation sites (tertiary alicyclic amines) is 1. The number of rotatable bonds is 3. The van der Waals surface area contributed by atoms with Gasteiger partial charge >= 0.3 is 0 Å². The van der Waals surface area contributed by atoms with Crippen LogP contribution in [0, 0.1) is 5.92 Å². The second-order valence-corrected chi connectivity index (χ2v) is 6.61. The third-order valence-electron chi connectivity index (χ3n) is 5.05. The van der Waals surface area contributed by atoms with E-state index in [2.05, 4.69) is 42.1 Å². The highest BCUT2D eigenvalue weighted by Crippen LogP contribution is 2.33. The fourth-order valence-electron chi connectivity index (χ4n) is 3.90. The van der Waals surface area contributed by atoms with Gasteiger partial charge in [0, 0.05) is 19.1 Å². The van der Waals surface area contributed by atoms with Crippen molar-refractivity contribution in [3.05, 3.63) is 35.4 Å². The highest BCUT2D eigenvalue weighted by molar-refractivity contribution is 5.32. The van der Waals surface area contributed by atoms with Gasteiger partial charge < -0.3 is 14.9 Å². The third-order valence-corrected chi connectivity index (χ3v) is 5.05. The molecule has 1 heterocycles. The summed E-state index contributed by atoms with van der Waals surface area (Å²) < 4.78 is 0. The molecule has 1 N–H and O–H groups in total. The van der Waals surface area contributed by atoms with E-state index in [0.717, 1.165) is 30.9 Å². The van der Waals surface area contributed by atoms with Crippen LogP contribution in [-0.4, -0.2) is 54.7 Å². The largest absolute Gasteiger partial charge is 0.387 e. The van der Waals surface area contributed by atoms with Crippen LogP contribution in [0.15, 0.2) is 24.3 Å². The fourth-order valence-corrected chi connectivity index (χ4v) is 3.90. The van der Waals surface area contributed by atoms with E-state index in [1.807, 2.05) is 6.07 Å². The van der Waals surface area contributed by atoms with E-state index in [1.54, 1.807) is 0 Å². The minimum Gasteiger partial charge on any atom is -0.387 e. The van der Waals surface area contributed by atoms with E-state index >= 15 is 0 Å². The summed E-state index contributed by atoms with van der Waals surface area (Å²) in [7, 11) is 4.38. The van der Waals surface area contributed by atoms with Gasteiger partial charge in [0.05, 0.1) is 6.10 Å². The topological polar surface area (TPSA) is 26.7 Å². The number of nitrogens with zero attached hydrogens (tertiary/aromatic N) is 2. The molecule has 0 radical (unpaired) electrons. The van der Waals surface area contributed by atoms with Gasteiger partial charge in [0.15, 0.2) is 0 Å². The van der Waals surface area contributed by atoms with Crippen LogP contribution in [0.5, 0.6) is 0 Å². The Morgan fingerprint density at radius 3 is 2.85 bits per heavy atom. The van der Waals surface area contributed by atoms with Gasteiger partial charge in [-0.3, -0.25) is 0 Å². The van der Waals surface area contributed by atoms with Gasteiger partial charge in [-0.1, -0.05) is 24.3 Å². The van der Waals surface area contributed by atoms with Gasteiger partial charge in [0.1, 0.15) is 0 Å². The van der Waals surface area contributed by atoms with Crippen LogP contribution in [0.2, 0.25) is 0 Å². The number of aliphatic hydroxyl groups excluding tert-OH is 1. The van der Waals surface area contributed by atoms with Crippen molar-refractivity contribution >= 4 is 0 Å². The molecule has 20 heavy (non-hydrogen) atoms. The summed E-state index contributed by atoms with van der Waals surface area (Å²) in [6, 6.07) is 8.63. The number of aliphatic hydroxyl groups is 1. The van der Waals surface area contributed by atoms with Crippen LogP contribution in [-0.2, 0) is 6.42 Å². The maximum absolute atomic E-state index is 10.7. The van der Waals surface area contributed by atoms with Crippen molar-refractivity contribution in [2.45, 2.75) is 31.4 Å². The van der Waals surface area contributed by atoms with E-state index in [0.29, 0.717) is 0 Å². The summed E-state index contributed by atoms with van der Waals surface area (Å²) in [5, 5.41) is 10.7. The number of hydrogen-bond acceptors (Lipinski definition) is 3. The molecule has 0 amide bonds. The molecule has 0 aromatic heterocycles. The Kier molecular flexibility index (Phi) is 4.11. The Bertz CT molecular complexity index is 462. The summed E-state index contributed by atoms with van der Waals surface area (Å²) in [5.41, 5.74) is 2.46. The molecule has 0 bridgehead atoms. The van der Waals surface area contributed by atoms with E-state index in [-0.39, 0.29) is 12.1 Å². The predicted octanol–water partition coefficient (Wildman–Crippen LogP) is 1.92. The van der Waals surface area contributed by atoms with Crippen LogP contribution in [0.25, 0.3) is 0 Å². The lowest BCUT2D eigenvalue weighted by molar-refractivity contribution is 0.0430. The molecule has 1 aliphatic carbocycles. The molecule has 110 valence electrons. The number of fused-ring (bicyclic) bond motifs is 1. The van der Waals surface area contributed by atoms with Crippen molar-refractivity contribution in [3.8, 4) is 0 Å². The van der Waals surface area contributed by atoms with E-state index in [4.69, 9.17) is 0 Å².